The highest BCUT2D eigenvalue weighted by Crippen LogP contribution is 2.34. The number of nitrogens with zero attached hydrogens (tertiary/aromatic N) is 2. The molecule has 0 spiro atoms. The van der Waals surface area contributed by atoms with E-state index in [4.69, 9.17) is 14.2 Å². The van der Waals surface area contributed by atoms with Crippen LogP contribution in [0.3, 0.4) is 0 Å². The van der Waals surface area contributed by atoms with E-state index in [0.29, 0.717) is 43.7 Å². The van der Waals surface area contributed by atoms with Gasteiger partial charge in [-0.15, -0.1) is 11.3 Å². The Morgan fingerprint density at radius 3 is 2.36 bits per heavy atom. The van der Waals surface area contributed by atoms with Gasteiger partial charge >= 0.3 is 5.97 Å². The molecule has 0 amide bonds. The maximum absolute atomic E-state index is 12.5. The van der Waals surface area contributed by atoms with Crippen molar-refractivity contribution in [3.05, 3.63) is 40.8 Å². The van der Waals surface area contributed by atoms with E-state index < -0.39 is 17.7 Å². The summed E-state index contributed by atoms with van der Waals surface area (Å²) in [6, 6.07) is 0.166. The second-order valence-electron chi connectivity index (χ2n) is 13.5. The first-order valence-electron chi connectivity index (χ1n) is 16.6. The molecule has 0 radical (unpaired) electrons. The molecule has 1 heterocycles. The van der Waals surface area contributed by atoms with E-state index in [1.165, 1.54) is 36.3 Å². The smallest absolute Gasteiger partial charge is 0.357 e. The van der Waals surface area contributed by atoms with Crippen LogP contribution in [0.5, 0.6) is 0 Å². The zero-order valence-corrected chi connectivity index (χ0v) is 30.1. The summed E-state index contributed by atoms with van der Waals surface area (Å²) in [5.41, 5.74) is 0.636. The van der Waals surface area contributed by atoms with Crippen LogP contribution in [0.25, 0.3) is 0 Å². The molecule has 44 heavy (non-hydrogen) atoms. The molecule has 254 valence electrons. The summed E-state index contributed by atoms with van der Waals surface area (Å²) in [6.07, 6.45) is 8.21. The largest absolute Gasteiger partial charge is 0.469 e. The Hall–Kier alpha value is -2.10. The number of carbonyl (C=O) groups is 1. The van der Waals surface area contributed by atoms with Gasteiger partial charge in [0.25, 0.3) is 0 Å². The fourth-order valence-electron chi connectivity index (χ4n) is 4.74. The molecule has 2 N–H and O–H groups in total. The molecule has 0 saturated heterocycles. The first-order valence-corrected chi connectivity index (χ1v) is 17.5. The number of unbranched alkanes of at least 4 members (excludes halogenated alkanes) is 4. The molecule has 2 atom stereocenters. The molecule has 0 bridgehead atoms. The van der Waals surface area contributed by atoms with Gasteiger partial charge in [-0.25, -0.2) is 9.78 Å². The first kappa shape index (κ1) is 39.9. The van der Waals surface area contributed by atoms with Crippen LogP contribution in [-0.2, 0) is 14.2 Å². The lowest BCUT2D eigenvalue weighted by atomic mass is 9.94. The summed E-state index contributed by atoms with van der Waals surface area (Å²) in [4.78, 5) is 19.7. The average Bonchev–Trinajstić information content (AvgIpc) is 3.47. The lowest BCUT2D eigenvalue weighted by molar-refractivity contribution is -0.0817. The Morgan fingerprint density at radius 1 is 1.09 bits per heavy atom. The summed E-state index contributed by atoms with van der Waals surface area (Å²) in [5.74, 6) is 0.352. The van der Waals surface area contributed by atoms with Gasteiger partial charge in [-0.05, 0) is 52.5 Å². The standard InChI is InChI=1S/C35H63N3O5S/c1-12-15-17-18-20-38(27(6)19-16-13-2)30(26(4)5)21-31(32-37-29(22-44-32)33(40)41-14-3)43-28(7)36-23-34(8,9)25-42-35(10,11)24-39/h22,26,30-31,36,39H,6-7,12-21,23-25H2,1-5,8-11H3. The van der Waals surface area contributed by atoms with Crippen LogP contribution in [0.2, 0.25) is 0 Å². The third kappa shape index (κ3) is 14.8. The Kier molecular flexibility index (Phi) is 18.2. The Bertz CT molecular complexity index is 991. The number of aliphatic hydroxyl groups is 1. The van der Waals surface area contributed by atoms with Crippen LogP contribution in [0.4, 0.5) is 0 Å². The Labute approximate surface area is 272 Å². The van der Waals surface area contributed by atoms with Crippen molar-refractivity contribution in [1.82, 2.24) is 15.2 Å². The molecule has 0 aliphatic heterocycles. The van der Waals surface area contributed by atoms with Crippen LogP contribution in [-0.4, -0.2) is 65.5 Å². The molecular weight excluding hydrogens is 574 g/mol. The topological polar surface area (TPSA) is 93.1 Å². The number of ether oxygens (including phenoxy) is 3. The molecule has 0 fully saturated rings. The number of allylic oxidation sites excluding steroid dienone is 1. The highest BCUT2D eigenvalue weighted by atomic mass is 32.1. The third-order valence-electron chi connectivity index (χ3n) is 7.67. The van der Waals surface area contributed by atoms with Crippen LogP contribution in [0.15, 0.2) is 30.1 Å². The van der Waals surface area contributed by atoms with E-state index in [0.717, 1.165) is 37.2 Å². The van der Waals surface area contributed by atoms with E-state index in [1.807, 2.05) is 13.8 Å². The van der Waals surface area contributed by atoms with Crippen LogP contribution < -0.4 is 5.32 Å². The van der Waals surface area contributed by atoms with Gasteiger partial charge in [0, 0.05) is 42.0 Å². The molecule has 0 aromatic carbocycles. The number of aliphatic hydroxyl groups excluding tert-OH is 1. The van der Waals surface area contributed by atoms with Gasteiger partial charge in [0.2, 0.25) is 0 Å². The minimum atomic E-state index is -0.604. The van der Waals surface area contributed by atoms with Crippen LogP contribution in [0.1, 0.15) is 135 Å². The van der Waals surface area contributed by atoms with Gasteiger partial charge in [-0.1, -0.05) is 73.8 Å². The first-order chi connectivity index (χ1) is 20.7. The Morgan fingerprint density at radius 2 is 1.77 bits per heavy atom. The maximum Gasteiger partial charge on any atom is 0.357 e. The van der Waals surface area contributed by atoms with Crippen LogP contribution >= 0.6 is 11.3 Å². The van der Waals surface area contributed by atoms with Crippen molar-refractivity contribution in [1.29, 1.82) is 0 Å². The summed E-state index contributed by atoms with van der Waals surface area (Å²) in [5, 5.41) is 15.4. The molecule has 0 aliphatic rings. The number of rotatable bonds is 25. The number of aromatic nitrogens is 1. The maximum atomic E-state index is 12.5. The number of carbonyl (C=O) groups excluding carboxylic acids is 1. The zero-order chi connectivity index (χ0) is 33.3. The van der Waals surface area contributed by atoms with Crippen molar-refractivity contribution in [2.75, 3.05) is 32.9 Å². The molecule has 1 rings (SSSR count). The highest BCUT2D eigenvalue weighted by molar-refractivity contribution is 7.09. The number of thiazole rings is 1. The van der Waals surface area contributed by atoms with Crippen LogP contribution in [0, 0.1) is 11.3 Å². The fraction of sp³-hybridized carbons (Fsp3) is 0.771. The molecular formula is C35H63N3O5S. The number of hydrogen-bond acceptors (Lipinski definition) is 9. The minimum absolute atomic E-state index is 0.0485. The van der Waals surface area contributed by atoms with Crippen molar-refractivity contribution in [2.45, 2.75) is 131 Å². The lowest BCUT2D eigenvalue weighted by Crippen LogP contribution is -2.41. The average molecular weight is 638 g/mol. The molecule has 9 heteroatoms. The second kappa shape index (κ2) is 20.1. The molecule has 1 aromatic rings. The van der Waals surface area contributed by atoms with E-state index in [2.05, 4.69) is 69.9 Å². The highest BCUT2D eigenvalue weighted by Gasteiger charge is 2.31. The lowest BCUT2D eigenvalue weighted by Gasteiger charge is -2.39. The van der Waals surface area contributed by atoms with Gasteiger partial charge in [0.15, 0.2) is 17.7 Å². The van der Waals surface area contributed by atoms with E-state index in [9.17, 15) is 9.90 Å². The number of hydrogen-bond donors (Lipinski definition) is 2. The van der Waals surface area contributed by atoms with Crippen molar-refractivity contribution in [2.24, 2.45) is 11.3 Å². The SMILES string of the molecule is C=C(NCC(C)(C)COC(C)(C)CO)OC(CC(C(C)C)N(CCCCCC)C(=C)CCCC)c1nc(C(=O)OCC)cs1. The van der Waals surface area contributed by atoms with Crippen molar-refractivity contribution in [3.63, 3.8) is 0 Å². The fourth-order valence-corrected chi connectivity index (χ4v) is 5.57. The molecule has 8 nitrogen and oxygen atoms in total. The van der Waals surface area contributed by atoms with E-state index in [1.54, 1.807) is 12.3 Å². The molecule has 1 aromatic heterocycles. The van der Waals surface area contributed by atoms with Crippen molar-refractivity contribution in [3.8, 4) is 0 Å². The molecule has 2 unspecified atom stereocenters. The van der Waals surface area contributed by atoms with Crippen molar-refractivity contribution >= 4 is 17.3 Å². The van der Waals surface area contributed by atoms with Gasteiger partial charge in [-0.3, -0.25) is 0 Å². The predicted octanol–water partition coefficient (Wildman–Crippen LogP) is 8.25. The molecule has 0 aliphatic carbocycles. The normalized spacial score (nSPS) is 13.4. The van der Waals surface area contributed by atoms with Gasteiger partial charge < -0.3 is 29.5 Å². The summed E-state index contributed by atoms with van der Waals surface area (Å²) >= 11 is 1.41. The molecule has 0 saturated carbocycles. The number of nitrogens with one attached hydrogen (secondary N) is 1. The minimum Gasteiger partial charge on any atom is -0.469 e. The van der Waals surface area contributed by atoms with E-state index in [-0.39, 0.29) is 18.1 Å². The van der Waals surface area contributed by atoms with E-state index >= 15 is 0 Å². The third-order valence-corrected chi connectivity index (χ3v) is 8.60. The quantitative estimate of drug-likeness (QED) is 0.0629. The van der Waals surface area contributed by atoms with Gasteiger partial charge in [0.05, 0.1) is 25.4 Å². The van der Waals surface area contributed by atoms with Gasteiger partial charge in [0.1, 0.15) is 5.01 Å². The second-order valence-corrected chi connectivity index (χ2v) is 14.4. The zero-order valence-electron chi connectivity index (χ0n) is 29.3. The van der Waals surface area contributed by atoms with Gasteiger partial charge in [-0.2, -0.15) is 0 Å². The summed E-state index contributed by atoms with van der Waals surface area (Å²) < 4.78 is 17.7. The summed E-state index contributed by atoms with van der Waals surface area (Å²) in [6.45, 7) is 29.7. The van der Waals surface area contributed by atoms with Crippen molar-refractivity contribution < 1.29 is 24.1 Å². The number of esters is 1. The monoisotopic (exact) mass is 637 g/mol. The summed E-state index contributed by atoms with van der Waals surface area (Å²) in [7, 11) is 0. The Balaban J connectivity index is 3.25. The predicted molar refractivity (Wildman–Crippen MR) is 183 cm³/mol.